The summed E-state index contributed by atoms with van der Waals surface area (Å²) in [5.74, 6) is -0.941. The van der Waals surface area contributed by atoms with Crippen molar-refractivity contribution < 1.29 is 14.7 Å². The molecule has 22 heavy (non-hydrogen) atoms. The summed E-state index contributed by atoms with van der Waals surface area (Å²) >= 11 is 0. The molecular formula is C17H18N2O3. The number of nitrogens with zero attached hydrogens (tertiary/aromatic N) is 2. The minimum Gasteiger partial charge on any atom is -0.481 e. The fraction of sp³-hybridized carbons (Fsp3) is 0.294. The first-order valence-corrected chi connectivity index (χ1v) is 7.41. The zero-order valence-electron chi connectivity index (χ0n) is 12.2. The number of benzene rings is 1. The molecule has 1 aliphatic rings. The molecule has 0 aliphatic carbocycles. The van der Waals surface area contributed by atoms with Crippen molar-refractivity contribution >= 4 is 11.9 Å². The van der Waals surface area contributed by atoms with Crippen LogP contribution in [0.3, 0.4) is 0 Å². The Morgan fingerprint density at radius 3 is 2.68 bits per heavy atom. The molecule has 0 bridgehead atoms. The van der Waals surface area contributed by atoms with Crippen LogP contribution < -0.4 is 0 Å². The van der Waals surface area contributed by atoms with E-state index in [0.29, 0.717) is 12.1 Å². The monoisotopic (exact) mass is 298 g/mol. The Hall–Kier alpha value is -2.56. The minimum atomic E-state index is -0.856. The molecule has 1 amide bonds. The van der Waals surface area contributed by atoms with E-state index in [1.807, 2.05) is 47.3 Å². The Bertz CT molecular complexity index is 679. The van der Waals surface area contributed by atoms with E-state index in [-0.39, 0.29) is 18.4 Å². The summed E-state index contributed by atoms with van der Waals surface area (Å²) in [5, 5.41) is 8.97. The third-order valence-corrected chi connectivity index (χ3v) is 4.04. The highest BCUT2D eigenvalue weighted by Gasteiger charge is 2.30. The van der Waals surface area contributed by atoms with Gasteiger partial charge in [-0.15, -0.1) is 0 Å². The van der Waals surface area contributed by atoms with Crippen molar-refractivity contribution in [1.82, 2.24) is 9.47 Å². The van der Waals surface area contributed by atoms with Crippen LogP contribution in [0.4, 0.5) is 0 Å². The first-order chi connectivity index (χ1) is 10.6. The summed E-state index contributed by atoms with van der Waals surface area (Å²) in [6.07, 6.45) is 5.48. The van der Waals surface area contributed by atoms with Gasteiger partial charge < -0.3 is 14.6 Å². The number of hydrogen-bond donors (Lipinski definition) is 1. The first kappa shape index (κ1) is 14.4. The normalized spacial score (nSPS) is 17.6. The number of likely N-dealkylation sites (tertiary alicyclic amines) is 1. The smallest absolute Gasteiger partial charge is 0.305 e. The molecule has 1 fully saturated rings. The molecule has 1 N–H and O–H groups in total. The summed E-state index contributed by atoms with van der Waals surface area (Å²) in [4.78, 5) is 25.3. The molecule has 1 aliphatic heterocycles. The van der Waals surface area contributed by atoms with Gasteiger partial charge in [-0.05, 0) is 43.2 Å². The maximum Gasteiger partial charge on any atom is 0.305 e. The number of hydrogen-bond acceptors (Lipinski definition) is 2. The van der Waals surface area contributed by atoms with Gasteiger partial charge in [0.1, 0.15) is 0 Å². The number of rotatable bonds is 4. The molecule has 5 nitrogen and oxygen atoms in total. The molecule has 1 unspecified atom stereocenters. The molecule has 2 heterocycles. The number of carbonyl (C=O) groups excluding carboxylic acids is 1. The quantitative estimate of drug-likeness (QED) is 0.943. The molecule has 1 aromatic carbocycles. The van der Waals surface area contributed by atoms with E-state index in [0.717, 1.165) is 18.5 Å². The van der Waals surface area contributed by atoms with Gasteiger partial charge in [0.15, 0.2) is 0 Å². The highest BCUT2D eigenvalue weighted by atomic mass is 16.4. The van der Waals surface area contributed by atoms with Crippen molar-refractivity contribution in [2.75, 3.05) is 6.54 Å². The Kier molecular flexibility index (Phi) is 3.96. The van der Waals surface area contributed by atoms with Gasteiger partial charge in [0.05, 0.1) is 6.42 Å². The van der Waals surface area contributed by atoms with Crippen molar-refractivity contribution in [3.63, 3.8) is 0 Å². The van der Waals surface area contributed by atoms with Crippen LogP contribution in [0.1, 0.15) is 29.6 Å². The number of aliphatic carboxylic acids is 1. The molecule has 1 aromatic heterocycles. The maximum absolute atomic E-state index is 12.7. The van der Waals surface area contributed by atoms with E-state index in [1.54, 1.807) is 11.0 Å². The summed E-state index contributed by atoms with van der Waals surface area (Å²) in [5.41, 5.74) is 1.52. The highest BCUT2D eigenvalue weighted by molar-refractivity contribution is 5.95. The van der Waals surface area contributed by atoms with E-state index in [1.165, 1.54) is 0 Å². The molecule has 0 radical (unpaired) electrons. The van der Waals surface area contributed by atoms with E-state index in [2.05, 4.69) is 0 Å². The van der Waals surface area contributed by atoms with Crippen molar-refractivity contribution in [3.05, 3.63) is 54.4 Å². The Labute approximate surface area is 128 Å². The third kappa shape index (κ3) is 2.88. The average Bonchev–Trinajstić information content (AvgIpc) is 3.17. The number of carboxylic acids is 1. The lowest BCUT2D eigenvalue weighted by molar-refractivity contribution is -0.137. The molecule has 1 saturated heterocycles. The number of carboxylic acid groups (broad SMARTS) is 1. The Morgan fingerprint density at radius 2 is 1.95 bits per heavy atom. The predicted octanol–water partition coefficient (Wildman–Crippen LogP) is 2.56. The van der Waals surface area contributed by atoms with Gasteiger partial charge in [0.25, 0.3) is 5.91 Å². The summed E-state index contributed by atoms with van der Waals surface area (Å²) in [6, 6.07) is 11.1. The van der Waals surface area contributed by atoms with Gasteiger partial charge in [-0.2, -0.15) is 0 Å². The zero-order chi connectivity index (χ0) is 15.5. The van der Waals surface area contributed by atoms with E-state index >= 15 is 0 Å². The zero-order valence-corrected chi connectivity index (χ0v) is 12.2. The SMILES string of the molecule is O=C(O)CC1CCCN1C(=O)c1cccc(-n2cccc2)c1. The van der Waals surface area contributed by atoms with Gasteiger partial charge >= 0.3 is 5.97 Å². The Balaban J connectivity index is 1.83. The molecule has 0 saturated carbocycles. The molecule has 3 rings (SSSR count). The second-order valence-electron chi connectivity index (χ2n) is 5.53. The van der Waals surface area contributed by atoms with Gasteiger partial charge in [-0.25, -0.2) is 0 Å². The lowest BCUT2D eigenvalue weighted by Crippen LogP contribution is -2.36. The van der Waals surface area contributed by atoms with Crippen LogP contribution in [-0.2, 0) is 4.79 Å². The fourth-order valence-corrected chi connectivity index (χ4v) is 2.99. The molecule has 0 spiro atoms. The highest BCUT2D eigenvalue weighted by Crippen LogP contribution is 2.23. The molecule has 5 heteroatoms. The first-order valence-electron chi connectivity index (χ1n) is 7.41. The lowest BCUT2D eigenvalue weighted by Gasteiger charge is -2.23. The summed E-state index contributed by atoms with van der Waals surface area (Å²) in [7, 11) is 0. The fourth-order valence-electron chi connectivity index (χ4n) is 2.99. The van der Waals surface area contributed by atoms with E-state index < -0.39 is 5.97 Å². The maximum atomic E-state index is 12.7. The van der Waals surface area contributed by atoms with E-state index in [4.69, 9.17) is 5.11 Å². The Morgan fingerprint density at radius 1 is 1.18 bits per heavy atom. The number of amides is 1. The molecule has 1 atom stereocenters. The predicted molar refractivity (Wildman–Crippen MR) is 82.1 cm³/mol. The van der Waals surface area contributed by atoms with Gasteiger partial charge in [-0.1, -0.05) is 6.07 Å². The van der Waals surface area contributed by atoms with Crippen LogP contribution in [0.5, 0.6) is 0 Å². The summed E-state index contributed by atoms with van der Waals surface area (Å²) < 4.78 is 1.94. The van der Waals surface area contributed by atoms with Crippen LogP contribution in [-0.4, -0.2) is 39.0 Å². The molecular weight excluding hydrogens is 280 g/mol. The molecule has 2 aromatic rings. The minimum absolute atomic E-state index is 0.0169. The van der Waals surface area contributed by atoms with Crippen LogP contribution >= 0.6 is 0 Å². The summed E-state index contributed by atoms with van der Waals surface area (Å²) in [6.45, 7) is 0.629. The lowest BCUT2D eigenvalue weighted by atomic mass is 10.1. The third-order valence-electron chi connectivity index (χ3n) is 4.04. The largest absolute Gasteiger partial charge is 0.481 e. The van der Waals surface area contributed by atoms with Crippen LogP contribution in [0, 0.1) is 0 Å². The van der Waals surface area contributed by atoms with Crippen LogP contribution in [0.2, 0.25) is 0 Å². The second-order valence-corrected chi connectivity index (χ2v) is 5.53. The van der Waals surface area contributed by atoms with Crippen LogP contribution in [0.15, 0.2) is 48.8 Å². The van der Waals surface area contributed by atoms with Crippen molar-refractivity contribution in [2.24, 2.45) is 0 Å². The molecule has 114 valence electrons. The van der Waals surface area contributed by atoms with Crippen molar-refractivity contribution in [1.29, 1.82) is 0 Å². The second kappa shape index (κ2) is 6.05. The average molecular weight is 298 g/mol. The van der Waals surface area contributed by atoms with Gasteiger partial charge in [-0.3, -0.25) is 9.59 Å². The topological polar surface area (TPSA) is 62.5 Å². The van der Waals surface area contributed by atoms with Crippen LogP contribution in [0.25, 0.3) is 5.69 Å². The number of aromatic nitrogens is 1. The van der Waals surface area contributed by atoms with Crippen molar-refractivity contribution in [3.8, 4) is 5.69 Å². The van der Waals surface area contributed by atoms with Crippen molar-refractivity contribution in [2.45, 2.75) is 25.3 Å². The van der Waals surface area contributed by atoms with Gasteiger partial charge in [0.2, 0.25) is 0 Å². The van der Waals surface area contributed by atoms with E-state index in [9.17, 15) is 9.59 Å². The number of carbonyl (C=O) groups is 2. The standard InChI is InChI=1S/C17H18N2O3/c20-16(21)12-15-7-4-10-19(15)17(22)13-5-3-6-14(11-13)18-8-1-2-9-18/h1-3,5-6,8-9,11,15H,4,7,10,12H2,(H,20,21). The van der Waals surface area contributed by atoms with Gasteiger partial charge in [0, 0.05) is 36.2 Å².